The highest BCUT2D eigenvalue weighted by Crippen LogP contribution is 2.12. The lowest BCUT2D eigenvalue weighted by Gasteiger charge is -2.20. The van der Waals surface area contributed by atoms with E-state index in [4.69, 9.17) is 0 Å². The molecule has 7 nitrogen and oxygen atoms in total. The summed E-state index contributed by atoms with van der Waals surface area (Å²) in [5.74, 6) is -0.0959. The third-order valence-electron chi connectivity index (χ3n) is 3.89. The Balaban J connectivity index is 1.75. The van der Waals surface area contributed by atoms with Crippen LogP contribution in [0, 0.1) is 13.8 Å². The summed E-state index contributed by atoms with van der Waals surface area (Å²) in [7, 11) is 1.75. The molecule has 1 aromatic rings. The summed E-state index contributed by atoms with van der Waals surface area (Å²) in [4.78, 5) is 25.0. The number of hydrogen-bond donors (Lipinski definition) is 3. The van der Waals surface area contributed by atoms with Crippen LogP contribution in [0.2, 0.25) is 0 Å². The molecule has 0 radical (unpaired) electrons. The highest BCUT2D eigenvalue weighted by Gasteiger charge is 2.26. The summed E-state index contributed by atoms with van der Waals surface area (Å²) in [5, 5.41) is 12.6. The minimum Gasteiger partial charge on any atom is -0.354 e. The number of aryl methyl sites for hydroxylation is 2. The first-order chi connectivity index (χ1) is 9.99. The Morgan fingerprint density at radius 2 is 2.24 bits per heavy atom. The largest absolute Gasteiger partial charge is 0.354 e. The average molecular weight is 293 g/mol. The van der Waals surface area contributed by atoms with Gasteiger partial charge in [0.15, 0.2) is 0 Å². The topological polar surface area (TPSA) is 90.1 Å². The van der Waals surface area contributed by atoms with E-state index in [1.54, 1.807) is 11.9 Å². The van der Waals surface area contributed by atoms with Gasteiger partial charge in [-0.1, -0.05) is 0 Å². The van der Waals surface area contributed by atoms with Crippen LogP contribution < -0.4 is 10.6 Å². The molecule has 1 saturated heterocycles. The Hall–Kier alpha value is -2.05. The smallest absolute Gasteiger partial charge is 0.317 e. The molecular formula is C14H23N5O2. The molecule has 0 aliphatic carbocycles. The number of aromatic amines is 1. The van der Waals surface area contributed by atoms with Gasteiger partial charge in [0.2, 0.25) is 5.91 Å². The van der Waals surface area contributed by atoms with Crippen LogP contribution in [0.1, 0.15) is 29.8 Å². The first-order valence-corrected chi connectivity index (χ1v) is 7.29. The van der Waals surface area contributed by atoms with Gasteiger partial charge in [0, 0.05) is 25.8 Å². The van der Waals surface area contributed by atoms with E-state index in [0.717, 1.165) is 24.2 Å². The molecular weight excluding hydrogens is 270 g/mol. The maximum atomic E-state index is 12.0. The Labute approximate surface area is 124 Å². The molecule has 2 heterocycles. The lowest BCUT2D eigenvalue weighted by atomic mass is 10.1. The van der Waals surface area contributed by atoms with Crippen molar-refractivity contribution in [1.29, 1.82) is 0 Å². The third-order valence-corrected chi connectivity index (χ3v) is 3.89. The highest BCUT2D eigenvalue weighted by molar-refractivity contribution is 5.88. The Kier molecular flexibility index (Phi) is 4.82. The maximum Gasteiger partial charge on any atom is 0.317 e. The van der Waals surface area contributed by atoms with Gasteiger partial charge in [-0.2, -0.15) is 5.10 Å². The zero-order valence-electron chi connectivity index (χ0n) is 12.8. The van der Waals surface area contributed by atoms with Crippen molar-refractivity contribution in [3.63, 3.8) is 0 Å². The van der Waals surface area contributed by atoms with Gasteiger partial charge in [-0.05, 0) is 38.7 Å². The molecule has 7 heteroatoms. The minimum atomic E-state index is -0.390. The van der Waals surface area contributed by atoms with Crippen LogP contribution in [0.4, 0.5) is 4.79 Å². The van der Waals surface area contributed by atoms with E-state index in [0.29, 0.717) is 19.5 Å². The van der Waals surface area contributed by atoms with Crippen molar-refractivity contribution in [2.75, 3.05) is 20.1 Å². The molecule has 1 aliphatic heterocycles. The van der Waals surface area contributed by atoms with Crippen LogP contribution in [-0.4, -0.2) is 53.2 Å². The summed E-state index contributed by atoms with van der Waals surface area (Å²) in [6.07, 6.45) is 2.41. The second-order valence-electron chi connectivity index (χ2n) is 5.52. The van der Waals surface area contributed by atoms with Crippen LogP contribution in [0.3, 0.4) is 0 Å². The van der Waals surface area contributed by atoms with E-state index in [1.807, 2.05) is 13.8 Å². The summed E-state index contributed by atoms with van der Waals surface area (Å²) >= 11 is 0. The zero-order chi connectivity index (χ0) is 15.4. The SMILES string of the molecule is Cc1n[nH]c(C)c1CCCN(C)C(=O)NC1CCNC1=O. The van der Waals surface area contributed by atoms with E-state index in [-0.39, 0.29) is 11.9 Å². The summed E-state index contributed by atoms with van der Waals surface area (Å²) in [6, 6.07) is -0.587. The van der Waals surface area contributed by atoms with E-state index in [2.05, 4.69) is 20.8 Å². The van der Waals surface area contributed by atoms with Gasteiger partial charge in [-0.3, -0.25) is 9.89 Å². The number of H-pyrrole nitrogens is 1. The monoisotopic (exact) mass is 293 g/mol. The number of hydrogen-bond acceptors (Lipinski definition) is 3. The number of carbonyl (C=O) groups excluding carboxylic acids is 2. The fourth-order valence-corrected chi connectivity index (χ4v) is 2.53. The zero-order valence-corrected chi connectivity index (χ0v) is 12.8. The summed E-state index contributed by atoms with van der Waals surface area (Å²) in [5.41, 5.74) is 3.32. The molecule has 1 aliphatic rings. The molecule has 2 rings (SSSR count). The second kappa shape index (κ2) is 6.60. The molecule has 1 aromatic heterocycles. The first kappa shape index (κ1) is 15.3. The van der Waals surface area contributed by atoms with Crippen LogP contribution in [0.15, 0.2) is 0 Å². The van der Waals surface area contributed by atoms with Gasteiger partial charge in [0.05, 0.1) is 5.69 Å². The van der Waals surface area contributed by atoms with Crippen molar-refractivity contribution in [2.24, 2.45) is 0 Å². The summed E-state index contributed by atoms with van der Waals surface area (Å²) in [6.45, 7) is 5.26. The van der Waals surface area contributed by atoms with Crippen LogP contribution >= 0.6 is 0 Å². The molecule has 1 unspecified atom stereocenters. The Bertz CT molecular complexity index is 506. The molecule has 1 atom stereocenters. The second-order valence-corrected chi connectivity index (χ2v) is 5.52. The number of urea groups is 1. The molecule has 3 N–H and O–H groups in total. The quantitative estimate of drug-likeness (QED) is 0.738. The predicted molar refractivity (Wildman–Crippen MR) is 79.0 cm³/mol. The normalized spacial score (nSPS) is 17.7. The molecule has 3 amide bonds. The van der Waals surface area contributed by atoms with Gasteiger partial charge in [-0.25, -0.2) is 4.79 Å². The number of carbonyl (C=O) groups is 2. The van der Waals surface area contributed by atoms with Gasteiger partial charge in [0.25, 0.3) is 0 Å². The molecule has 0 saturated carbocycles. The fourth-order valence-electron chi connectivity index (χ4n) is 2.53. The van der Waals surface area contributed by atoms with Crippen molar-refractivity contribution in [1.82, 2.24) is 25.7 Å². The Morgan fingerprint density at radius 3 is 2.81 bits per heavy atom. The minimum absolute atomic E-state index is 0.0959. The summed E-state index contributed by atoms with van der Waals surface area (Å²) < 4.78 is 0. The van der Waals surface area contributed by atoms with Gasteiger partial charge < -0.3 is 15.5 Å². The molecule has 0 spiro atoms. The molecule has 1 fully saturated rings. The maximum absolute atomic E-state index is 12.0. The van der Waals surface area contributed by atoms with E-state index >= 15 is 0 Å². The van der Waals surface area contributed by atoms with Crippen molar-refractivity contribution >= 4 is 11.9 Å². The lowest BCUT2D eigenvalue weighted by Crippen LogP contribution is -2.46. The average Bonchev–Trinajstić information content (AvgIpc) is 2.98. The van der Waals surface area contributed by atoms with Crippen molar-refractivity contribution < 1.29 is 9.59 Å². The number of amides is 3. The standard InChI is InChI=1S/C14H23N5O2/c1-9-11(10(2)18-17-9)5-4-8-19(3)14(21)16-12-6-7-15-13(12)20/h12H,4-8H2,1-3H3,(H,15,20)(H,16,21)(H,17,18). The third kappa shape index (κ3) is 3.74. The van der Waals surface area contributed by atoms with Crippen LogP contribution in [-0.2, 0) is 11.2 Å². The van der Waals surface area contributed by atoms with Crippen molar-refractivity contribution in [3.8, 4) is 0 Å². The first-order valence-electron chi connectivity index (χ1n) is 7.29. The van der Waals surface area contributed by atoms with Crippen LogP contribution in [0.25, 0.3) is 0 Å². The molecule has 0 aromatic carbocycles. The predicted octanol–water partition coefficient (Wildman–Crippen LogP) is 0.489. The number of nitrogens with zero attached hydrogens (tertiary/aromatic N) is 2. The van der Waals surface area contributed by atoms with E-state index < -0.39 is 6.04 Å². The van der Waals surface area contributed by atoms with Gasteiger partial charge in [-0.15, -0.1) is 0 Å². The van der Waals surface area contributed by atoms with E-state index in [1.165, 1.54) is 5.56 Å². The van der Waals surface area contributed by atoms with E-state index in [9.17, 15) is 9.59 Å². The number of nitrogens with one attached hydrogen (secondary N) is 3. The molecule has 21 heavy (non-hydrogen) atoms. The highest BCUT2D eigenvalue weighted by atomic mass is 16.2. The van der Waals surface area contributed by atoms with Crippen LogP contribution in [0.5, 0.6) is 0 Å². The van der Waals surface area contributed by atoms with Gasteiger partial charge in [0.1, 0.15) is 6.04 Å². The number of rotatable bonds is 5. The fraction of sp³-hybridized carbons (Fsp3) is 0.643. The number of aromatic nitrogens is 2. The van der Waals surface area contributed by atoms with Crippen molar-refractivity contribution in [2.45, 2.75) is 39.2 Å². The molecule has 116 valence electrons. The Morgan fingerprint density at radius 1 is 1.48 bits per heavy atom. The van der Waals surface area contributed by atoms with Crippen molar-refractivity contribution in [3.05, 3.63) is 17.0 Å². The van der Waals surface area contributed by atoms with Gasteiger partial charge >= 0.3 is 6.03 Å². The lowest BCUT2D eigenvalue weighted by molar-refractivity contribution is -0.120. The molecule has 0 bridgehead atoms.